The molecule has 3 unspecified atom stereocenters. The Bertz CT molecular complexity index is 1080. The SMILES string of the molecule is C=C1c2ccnc(C(=O)NCC)c2CN1C(C)c1cc(C)c(C2CC2CCC(F)(F)F)cn1. The van der Waals surface area contributed by atoms with Crippen LogP contribution >= 0.6 is 0 Å². The van der Waals surface area contributed by atoms with Crippen LogP contribution in [0.1, 0.15) is 83.5 Å². The molecule has 2 aliphatic rings. The normalized spacial score (nSPS) is 20.5. The molecule has 2 aromatic heterocycles. The van der Waals surface area contributed by atoms with E-state index in [1.807, 2.05) is 39.1 Å². The van der Waals surface area contributed by atoms with Crippen molar-refractivity contribution >= 4 is 11.6 Å². The van der Waals surface area contributed by atoms with Crippen LogP contribution in [0, 0.1) is 12.8 Å². The zero-order valence-electron chi connectivity index (χ0n) is 19.2. The molecule has 1 fully saturated rings. The molecule has 3 heterocycles. The van der Waals surface area contributed by atoms with Gasteiger partial charge in [0, 0.05) is 48.7 Å². The molecule has 5 nitrogen and oxygen atoms in total. The average Bonchev–Trinajstić information content (AvgIpc) is 3.46. The van der Waals surface area contributed by atoms with Crippen molar-refractivity contribution in [2.75, 3.05) is 6.54 Å². The Kier molecular flexibility index (Phi) is 6.20. The highest BCUT2D eigenvalue weighted by atomic mass is 19.4. The zero-order chi connectivity index (χ0) is 23.9. The molecule has 0 spiro atoms. The van der Waals surface area contributed by atoms with Gasteiger partial charge in [-0.15, -0.1) is 0 Å². The second-order valence-electron chi connectivity index (χ2n) is 9.02. The van der Waals surface area contributed by atoms with E-state index in [0.29, 0.717) is 18.8 Å². The van der Waals surface area contributed by atoms with Crippen molar-refractivity contribution in [2.45, 2.75) is 64.7 Å². The summed E-state index contributed by atoms with van der Waals surface area (Å²) in [7, 11) is 0. The number of hydrogen-bond donors (Lipinski definition) is 1. The fraction of sp³-hybridized carbons (Fsp3) is 0.480. The number of alkyl halides is 3. The van der Waals surface area contributed by atoms with Crippen LogP contribution in [0.25, 0.3) is 5.70 Å². The highest BCUT2D eigenvalue weighted by Crippen LogP contribution is 2.52. The van der Waals surface area contributed by atoms with Crippen molar-refractivity contribution in [3.05, 3.63) is 64.7 Å². The Balaban J connectivity index is 1.48. The highest BCUT2D eigenvalue weighted by molar-refractivity contribution is 5.95. The first-order valence-electron chi connectivity index (χ1n) is 11.4. The Hall–Kier alpha value is -2.90. The third kappa shape index (κ3) is 4.75. The monoisotopic (exact) mass is 458 g/mol. The van der Waals surface area contributed by atoms with Crippen LogP contribution < -0.4 is 5.32 Å². The number of rotatable bonds is 7. The van der Waals surface area contributed by atoms with E-state index in [0.717, 1.165) is 40.1 Å². The number of nitrogens with one attached hydrogen (secondary N) is 1. The lowest BCUT2D eigenvalue weighted by Crippen LogP contribution is -2.26. The Morgan fingerprint density at radius 2 is 2.12 bits per heavy atom. The molecule has 1 aliphatic heterocycles. The summed E-state index contributed by atoms with van der Waals surface area (Å²) in [5.41, 5.74) is 5.98. The third-order valence-electron chi connectivity index (χ3n) is 6.78. The molecule has 4 rings (SSSR count). The van der Waals surface area contributed by atoms with E-state index >= 15 is 0 Å². The van der Waals surface area contributed by atoms with Gasteiger partial charge in [0.25, 0.3) is 5.91 Å². The van der Waals surface area contributed by atoms with Crippen LogP contribution in [-0.2, 0) is 6.54 Å². The standard InChI is InChI=1S/C25H29F3N4O/c1-5-29-24(33)23-21-13-32(15(3)18(21)7-9-30-23)16(4)22-10-14(2)20(12-31-22)19-11-17(19)6-8-25(26,27)28/h7,9-10,12,16-17,19H,3,5-6,8,11,13H2,1-2,4H3,(H,29,33). The van der Waals surface area contributed by atoms with E-state index < -0.39 is 12.6 Å². The maximum absolute atomic E-state index is 12.5. The topological polar surface area (TPSA) is 58.1 Å². The van der Waals surface area contributed by atoms with Crippen LogP contribution in [0.4, 0.5) is 13.2 Å². The number of aryl methyl sites for hydroxylation is 1. The molecule has 1 aliphatic carbocycles. The highest BCUT2D eigenvalue weighted by Gasteiger charge is 2.42. The summed E-state index contributed by atoms with van der Waals surface area (Å²) in [6, 6.07) is 3.82. The summed E-state index contributed by atoms with van der Waals surface area (Å²) in [6.07, 6.45) is -0.388. The minimum atomic E-state index is -4.10. The van der Waals surface area contributed by atoms with Gasteiger partial charge in [-0.25, -0.2) is 0 Å². The minimum absolute atomic E-state index is 0.0834. The van der Waals surface area contributed by atoms with Gasteiger partial charge in [-0.2, -0.15) is 13.2 Å². The number of hydrogen-bond acceptors (Lipinski definition) is 4. The van der Waals surface area contributed by atoms with Crippen LogP contribution in [-0.4, -0.2) is 33.5 Å². The van der Waals surface area contributed by atoms with E-state index in [4.69, 9.17) is 0 Å². The zero-order valence-corrected chi connectivity index (χ0v) is 19.2. The number of halogens is 3. The number of nitrogens with zero attached hydrogens (tertiary/aromatic N) is 3. The van der Waals surface area contributed by atoms with E-state index in [2.05, 4.69) is 26.8 Å². The molecular weight excluding hydrogens is 429 g/mol. The van der Waals surface area contributed by atoms with Gasteiger partial charge < -0.3 is 10.2 Å². The second kappa shape index (κ2) is 8.80. The van der Waals surface area contributed by atoms with E-state index in [-0.39, 0.29) is 30.2 Å². The first kappa shape index (κ1) is 23.3. The minimum Gasteiger partial charge on any atom is -0.359 e. The molecule has 0 aromatic carbocycles. The quantitative estimate of drug-likeness (QED) is 0.593. The fourth-order valence-corrected chi connectivity index (χ4v) is 4.82. The molecule has 0 saturated heterocycles. The van der Waals surface area contributed by atoms with Gasteiger partial charge in [0.2, 0.25) is 0 Å². The molecule has 1 N–H and O–H groups in total. The molecule has 0 bridgehead atoms. The van der Waals surface area contributed by atoms with Gasteiger partial charge in [0.15, 0.2) is 0 Å². The predicted octanol–water partition coefficient (Wildman–Crippen LogP) is 5.53. The smallest absolute Gasteiger partial charge is 0.359 e. The molecule has 33 heavy (non-hydrogen) atoms. The maximum Gasteiger partial charge on any atom is 0.389 e. The van der Waals surface area contributed by atoms with Crippen molar-refractivity contribution in [1.29, 1.82) is 0 Å². The van der Waals surface area contributed by atoms with E-state index in [1.165, 1.54) is 0 Å². The Labute approximate surface area is 192 Å². The van der Waals surface area contributed by atoms with Gasteiger partial charge in [-0.1, -0.05) is 6.58 Å². The lowest BCUT2D eigenvalue weighted by atomic mass is 10.0. The van der Waals surface area contributed by atoms with Crippen molar-refractivity contribution < 1.29 is 18.0 Å². The molecule has 1 amide bonds. The summed E-state index contributed by atoms with van der Waals surface area (Å²) in [4.78, 5) is 23.5. The molecular formula is C25H29F3N4O. The van der Waals surface area contributed by atoms with Crippen LogP contribution in [0.2, 0.25) is 0 Å². The Morgan fingerprint density at radius 1 is 1.36 bits per heavy atom. The summed E-state index contributed by atoms with van der Waals surface area (Å²) in [5, 5.41) is 2.81. The molecule has 3 atom stereocenters. The fourth-order valence-electron chi connectivity index (χ4n) is 4.82. The van der Waals surface area contributed by atoms with Gasteiger partial charge in [0.05, 0.1) is 11.7 Å². The summed E-state index contributed by atoms with van der Waals surface area (Å²) in [6.45, 7) is 11.2. The lowest BCUT2D eigenvalue weighted by molar-refractivity contribution is -0.136. The largest absolute Gasteiger partial charge is 0.389 e. The molecule has 176 valence electrons. The van der Waals surface area contributed by atoms with E-state index in [9.17, 15) is 18.0 Å². The second-order valence-corrected chi connectivity index (χ2v) is 9.02. The first-order chi connectivity index (χ1) is 15.6. The number of carbonyl (C=O) groups excluding carboxylic acids is 1. The van der Waals surface area contributed by atoms with Crippen molar-refractivity contribution in [3.63, 3.8) is 0 Å². The summed E-state index contributed by atoms with van der Waals surface area (Å²) in [5.74, 6) is 0.0591. The number of carbonyl (C=O) groups is 1. The third-order valence-corrected chi connectivity index (χ3v) is 6.78. The number of pyridine rings is 2. The van der Waals surface area contributed by atoms with Gasteiger partial charge in [0.1, 0.15) is 5.69 Å². The van der Waals surface area contributed by atoms with Gasteiger partial charge in [-0.05, 0) is 68.7 Å². The van der Waals surface area contributed by atoms with Crippen LogP contribution in [0.15, 0.2) is 31.1 Å². The molecule has 0 radical (unpaired) electrons. The van der Waals surface area contributed by atoms with E-state index in [1.54, 1.807) is 6.20 Å². The summed E-state index contributed by atoms with van der Waals surface area (Å²) >= 11 is 0. The van der Waals surface area contributed by atoms with Crippen molar-refractivity contribution in [2.24, 2.45) is 5.92 Å². The number of fused-ring (bicyclic) bond motifs is 1. The predicted molar refractivity (Wildman–Crippen MR) is 120 cm³/mol. The van der Waals surface area contributed by atoms with Gasteiger partial charge >= 0.3 is 6.18 Å². The first-order valence-corrected chi connectivity index (χ1v) is 11.4. The molecule has 8 heteroatoms. The average molecular weight is 459 g/mol. The summed E-state index contributed by atoms with van der Waals surface area (Å²) < 4.78 is 37.6. The van der Waals surface area contributed by atoms with Crippen molar-refractivity contribution in [3.8, 4) is 0 Å². The number of aromatic nitrogens is 2. The number of amides is 1. The molecule has 1 saturated carbocycles. The Morgan fingerprint density at radius 3 is 2.79 bits per heavy atom. The van der Waals surface area contributed by atoms with Crippen LogP contribution in [0.5, 0.6) is 0 Å². The lowest BCUT2D eigenvalue weighted by Gasteiger charge is -2.27. The molecule has 2 aromatic rings. The van der Waals surface area contributed by atoms with Crippen LogP contribution in [0.3, 0.4) is 0 Å². The maximum atomic E-state index is 12.5. The van der Waals surface area contributed by atoms with Crippen molar-refractivity contribution in [1.82, 2.24) is 20.2 Å². The van der Waals surface area contributed by atoms with Gasteiger partial charge in [-0.3, -0.25) is 14.8 Å².